The Morgan fingerprint density at radius 1 is 0.789 bits per heavy atom. The maximum Gasteiger partial charge on any atom is 0.138 e. The van der Waals surface area contributed by atoms with Crippen molar-refractivity contribution in [1.29, 1.82) is 0 Å². The van der Waals surface area contributed by atoms with Crippen molar-refractivity contribution in [3.05, 3.63) is 109 Å². The van der Waals surface area contributed by atoms with Gasteiger partial charge in [0.25, 0.3) is 0 Å². The van der Waals surface area contributed by atoms with E-state index in [9.17, 15) is 0 Å². The summed E-state index contributed by atoms with van der Waals surface area (Å²) < 4.78 is 5.98. The molecule has 0 aliphatic carbocycles. The van der Waals surface area contributed by atoms with Gasteiger partial charge in [-0.1, -0.05) is 36.4 Å². The smallest absolute Gasteiger partial charge is 0.138 e. The number of H-pyrrole nitrogens is 2. The molecule has 0 fully saturated rings. The van der Waals surface area contributed by atoms with Gasteiger partial charge in [-0.15, -0.1) is 0 Å². The standard InChI is InChI=1S/C30H21N7O/c1-2-5-19(6-3-1)18-38-22-13-21(16-32-17-22)25-8-9-26-28(34-25)29(37-36-26)27-14-24-23(10-12-33-30(24)35-27)20-7-4-11-31-15-20/h1-17H,18H2,(H,33,35)(H,36,37). The van der Waals surface area contributed by atoms with Crippen LogP contribution in [0.2, 0.25) is 0 Å². The molecule has 0 spiro atoms. The van der Waals surface area contributed by atoms with E-state index in [1.165, 1.54) is 0 Å². The SMILES string of the molecule is c1ccc(COc2cncc(-c3ccc4[nH]nc(-c5cc6c(-c7cccnc7)ccnc6[nH]5)c4n3)c2)cc1. The van der Waals surface area contributed by atoms with Gasteiger partial charge in [0, 0.05) is 41.3 Å². The summed E-state index contributed by atoms with van der Waals surface area (Å²) in [5, 5.41) is 8.68. The van der Waals surface area contributed by atoms with Crippen LogP contribution in [0.5, 0.6) is 5.75 Å². The van der Waals surface area contributed by atoms with Crippen LogP contribution in [0.25, 0.3) is 55.8 Å². The van der Waals surface area contributed by atoms with Crippen LogP contribution in [-0.2, 0) is 6.61 Å². The van der Waals surface area contributed by atoms with E-state index >= 15 is 0 Å². The van der Waals surface area contributed by atoms with Gasteiger partial charge in [0.15, 0.2) is 0 Å². The second-order valence-electron chi connectivity index (χ2n) is 8.89. The highest BCUT2D eigenvalue weighted by Gasteiger charge is 2.16. The molecule has 38 heavy (non-hydrogen) atoms. The lowest BCUT2D eigenvalue weighted by Crippen LogP contribution is -1.96. The quantitative estimate of drug-likeness (QED) is 0.284. The molecule has 7 aromatic rings. The normalized spacial score (nSPS) is 11.3. The van der Waals surface area contributed by atoms with Gasteiger partial charge in [-0.2, -0.15) is 5.10 Å². The molecule has 0 aliphatic heterocycles. The van der Waals surface area contributed by atoms with Crippen molar-refractivity contribution < 1.29 is 4.74 Å². The zero-order valence-electron chi connectivity index (χ0n) is 20.2. The molecule has 182 valence electrons. The molecule has 6 aromatic heterocycles. The van der Waals surface area contributed by atoms with Crippen LogP contribution >= 0.6 is 0 Å². The van der Waals surface area contributed by atoms with Gasteiger partial charge in [0.05, 0.1) is 23.1 Å². The Morgan fingerprint density at radius 2 is 1.71 bits per heavy atom. The topological polar surface area (TPSA) is 105 Å². The maximum atomic E-state index is 5.98. The van der Waals surface area contributed by atoms with Gasteiger partial charge in [-0.3, -0.25) is 15.1 Å². The summed E-state index contributed by atoms with van der Waals surface area (Å²) in [5.41, 5.74) is 8.75. The highest BCUT2D eigenvalue weighted by molar-refractivity contribution is 5.98. The highest BCUT2D eigenvalue weighted by atomic mass is 16.5. The molecule has 0 aliphatic rings. The predicted molar refractivity (Wildman–Crippen MR) is 146 cm³/mol. The van der Waals surface area contributed by atoms with Gasteiger partial charge < -0.3 is 9.72 Å². The summed E-state index contributed by atoms with van der Waals surface area (Å²) in [4.78, 5) is 21.5. The van der Waals surface area contributed by atoms with Crippen LogP contribution in [0.15, 0.2) is 104 Å². The fourth-order valence-electron chi connectivity index (χ4n) is 4.55. The lowest BCUT2D eigenvalue weighted by atomic mass is 10.1. The third-order valence-corrected chi connectivity index (χ3v) is 6.42. The summed E-state index contributed by atoms with van der Waals surface area (Å²) in [5.74, 6) is 0.685. The van der Waals surface area contributed by atoms with E-state index in [0.717, 1.165) is 61.4 Å². The summed E-state index contributed by atoms with van der Waals surface area (Å²) in [7, 11) is 0. The molecule has 1 aromatic carbocycles. The number of hydrogen-bond donors (Lipinski definition) is 2. The lowest BCUT2D eigenvalue weighted by Gasteiger charge is -2.08. The number of nitrogens with zero attached hydrogens (tertiary/aromatic N) is 5. The maximum absolute atomic E-state index is 5.98. The minimum Gasteiger partial charge on any atom is -0.487 e. The van der Waals surface area contributed by atoms with Crippen LogP contribution in [0, 0.1) is 0 Å². The van der Waals surface area contributed by atoms with Crippen molar-refractivity contribution >= 4 is 22.1 Å². The second kappa shape index (κ2) is 9.25. The summed E-state index contributed by atoms with van der Waals surface area (Å²) in [6.07, 6.45) is 8.92. The monoisotopic (exact) mass is 495 g/mol. The fourth-order valence-corrected chi connectivity index (χ4v) is 4.55. The average Bonchev–Trinajstić information content (AvgIpc) is 3.61. The fraction of sp³-hybridized carbons (Fsp3) is 0.0333. The minimum absolute atomic E-state index is 0.472. The molecule has 0 unspecified atom stereocenters. The Morgan fingerprint density at radius 3 is 2.61 bits per heavy atom. The van der Waals surface area contributed by atoms with Gasteiger partial charge >= 0.3 is 0 Å². The van der Waals surface area contributed by atoms with Gasteiger partial charge in [0.1, 0.15) is 29.2 Å². The van der Waals surface area contributed by atoms with Crippen molar-refractivity contribution in [2.45, 2.75) is 6.61 Å². The Hall–Kier alpha value is -5.37. The van der Waals surface area contributed by atoms with E-state index < -0.39 is 0 Å². The van der Waals surface area contributed by atoms with E-state index in [0.29, 0.717) is 12.4 Å². The molecule has 8 heteroatoms. The molecule has 0 radical (unpaired) electrons. The third-order valence-electron chi connectivity index (χ3n) is 6.42. The van der Waals surface area contributed by atoms with Crippen molar-refractivity contribution in [2.24, 2.45) is 0 Å². The van der Waals surface area contributed by atoms with Gasteiger partial charge in [0.2, 0.25) is 0 Å². The number of benzene rings is 1. The molecule has 7 rings (SSSR count). The molecule has 8 nitrogen and oxygen atoms in total. The molecule has 6 heterocycles. The number of pyridine rings is 4. The molecular formula is C30H21N7O. The Bertz CT molecular complexity index is 1880. The van der Waals surface area contributed by atoms with Crippen LogP contribution in [0.4, 0.5) is 0 Å². The molecule has 0 bridgehead atoms. The van der Waals surface area contributed by atoms with Crippen LogP contribution in [0.3, 0.4) is 0 Å². The third kappa shape index (κ3) is 4.04. The van der Waals surface area contributed by atoms with Crippen molar-refractivity contribution in [2.75, 3.05) is 0 Å². The molecule has 0 saturated carbocycles. The molecule has 0 atom stereocenters. The van der Waals surface area contributed by atoms with Crippen molar-refractivity contribution in [3.8, 4) is 39.5 Å². The first kappa shape index (κ1) is 21.9. The zero-order chi connectivity index (χ0) is 25.3. The number of nitrogens with one attached hydrogen (secondary N) is 2. The zero-order valence-corrected chi connectivity index (χ0v) is 20.2. The number of aromatic amines is 2. The number of fused-ring (bicyclic) bond motifs is 2. The van der Waals surface area contributed by atoms with E-state index in [2.05, 4.69) is 36.2 Å². The summed E-state index contributed by atoms with van der Waals surface area (Å²) in [6, 6.07) is 24.0. The average molecular weight is 496 g/mol. The molecule has 0 saturated heterocycles. The van der Waals surface area contributed by atoms with E-state index in [1.54, 1.807) is 24.8 Å². The first-order valence-corrected chi connectivity index (χ1v) is 12.2. The van der Waals surface area contributed by atoms with E-state index in [1.807, 2.05) is 72.9 Å². The van der Waals surface area contributed by atoms with E-state index in [-0.39, 0.29) is 0 Å². The van der Waals surface area contributed by atoms with Crippen LogP contribution in [0.1, 0.15) is 5.56 Å². The summed E-state index contributed by atoms with van der Waals surface area (Å²) >= 11 is 0. The first-order chi connectivity index (χ1) is 18.8. The number of aromatic nitrogens is 7. The van der Waals surface area contributed by atoms with Gasteiger partial charge in [-0.05, 0) is 47.5 Å². The largest absolute Gasteiger partial charge is 0.487 e. The highest BCUT2D eigenvalue weighted by Crippen LogP contribution is 2.33. The number of rotatable bonds is 6. The van der Waals surface area contributed by atoms with Crippen molar-refractivity contribution in [3.63, 3.8) is 0 Å². The predicted octanol–water partition coefficient (Wildman–Crippen LogP) is 6.20. The second-order valence-corrected chi connectivity index (χ2v) is 8.89. The van der Waals surface area contributed by atoms with Crippen molar-refractivity contribution in [1.82, 2.24) is 35.1 Å². The molecular weight excluding hydrogens is 474 g/mol. The van der Waals surface area contributed by atoms with E-state index in [4.69, 9.17) is 9.72 Å². The van der Waals surface area contributed by atoms with Gasteiger partial charge in [-0.25, -0.2) is 9.97 Å². The van der Waals surface area contributed by atoms with Crippen LogP contribution < -0.4 is 4.74 Å². The Balaban J connectivity index is 1.24. The molecule has 2 N–H and O–H groups in total. The number of ether oxygens (including phenoxy) is 1. The summed E-state index contributed by atoms with van der Waals surface area (Å²) in [6.45, 7) is 0.472. The number of hydrogen-bond acceptors (Lipinski definition) is 6. The van der Waals surface area contributed by atoms with Crippen LogP contribution in [-0.4, -0.2) is 35.1 Å². The Labute approximate surface area is 217 Å². The minimum atomic E-state index is 0.472. The first-order valence-electron chi connectivity index (χ1n) is 12.2. The lowest BCUT2D eigenvalue weighted by molar-refractivity contribution is 0.305. The Kier molecular flexibility index (Phi) is 5.33. The molecule has 0 amide bonds.